The SMILES string of the molecule is O[C@H]1CCN(Cc2noc(-c3ccc(F)cc3)n2)C1. The van der Waals surface area contributed by atoms with Gasteiger partial charge in [-0.05, 0) is 30.7 Å². The molecule has 0 spiro atoms. The van der Waals surface area contributed by atoms with Gasteiger partial charge in [-0.25, -0.2) is 4.39 Å². The minimum Gasteiger partial charge on any atom is -0.392 e. The Morgan fingerprint density at radius 2 is 2.16 bits per heavy atom. The van der Waals surface area contributed by atoms with Crippen LogP contribution in [-0.4, -0.2) is 39.3 Å². The second kappa shape index (κ2) is 5.07. The molecule has 5 nitrogen and oxygen atoms in total. The molecule has 0 radical (unpaired) electrons. The first-order valence-electron chi connectivity index (χ1n) is 6.19. The van der Waals surface area contributed by atoms with Crippen LogP contribution < -0.4 is 0 Å². The molecule has 0 amide bonds. The van der Waals surface area contributed by atoms with Gasteiger partial charge in [0.05, 0.1) is 12.6 Å². The molecule has 0 aliphatic carbocycles. The van der Waals surface area contributed by atoms with E-state index in [4.69, 9.17) is 4.52 Å². The van der Waals surface area contributed by atoms with E-state index in [1.54, 1.807) is 12.1 Å². The number of likely N-dealkylation sites (tertiary alicyclic amines) is 1. The number of aromatic nitrogens is 2. The summed E-state index contributed by atoms with van der Waals surface area (Å²) in [5.41, 5.74) is 0.696. The summed E-state index contributed by atoms with van der Waals surface area (Å²) in [4.78, 5) is 6.35. The average Bonchev–Trinajstić information content (AvgIpc) is 3.00. The van der Waals surface area contributed by atoms with Gasteiger partial charge in [-0.15, -0.1) is 0 Å². The highest BCUT2D eigenvalue weighted by Gasteiger charge is 2.21. The van der Waals surface area contributed by atoms with Gasteiger partial charge >= 0.3 is 0 Å². The van der Waals surface area contributed by atoms with Crippen molar-refractivity contribution in [3.05, 3.63) is 35.9 Å². The van der Waals surface area contributed by atoms with Crippen LogP contribution in [0.4, 0.5) is 4.39 Å². The van der Waals surface area contributed by atoms with Crippen molar-refractivity contribution in [1.29, 1.82) is 0 Å². The molecule has 1 N–H and O–H groups in total. The summed E-state index contributed by atoms with van der Waals surface area (Å²) in [5, 5.41) is 13.3. The second-order valence-corrected chi connectivity index (χ2v) is 4.70. The van der Waals surface area contributed by atoms with Crippen LogP contribution in [0.3, 0.4) is 0 Å². The van der Waals surface area contributed by atoms with E-state index in [0.29, 0.717) is 30.4 Å². The Balaban J connectivity index is 1.71. The molecule has 3 rings (SSSR count). The topological polar surface area (TPSA) is 62.4 Å². The van der Waals surface area contributed by atoms with Crippen LogP contribution in [0.1, 0.15) is 12.2 Å². The predicted molar refractivity (Wildman–Crippen MR) is 65.6 cm³/mol. The van der Waals surface area contributed by atoms with Crippen LogP contribution in [0.2, 0.25) is 0 Å². The van der Waals surface area contributed by atoms with Crippen LogP contribution in [0.5, 0.6) is 0 Å². The lowest BCUT2D eigenvalue weighted by Gasteiger charge is -2.10. The monoisotopic (exact) mass is 263 g/mol. The Morgan fingerprint density at radius 1 is 1.37 bits per heavy atom. The highest BCUT2D eigenvalue weighted by Crippen LogP contribution is 2.18. The summed E-state index contributed by atoms with van der Waals surface area (Å²) < 4.78 is 18.0. The lowest BCUT2D eigenvalue weighted by Crippen LogP contribution is -2.22. The molecule has 1 saturated heterocycles. The molecule has 1 atom stereocenters. The van der Waals surface area contributed by atoms with Crippen molar-refractivity contribution in [1.82, 2.24) is 15.0 Å². The third kappa shape index (κ3) is 2.80. The van der Waals surface area contributed by atoms with E-state index in [1.165, 1.54) is 12.1 Å². The zero-order chi connectivity index (χ0) is 13.2. The molecule has 0 saturated carbocycles. The van der Waals surface area contributed by atoms with Crippen LogP contribution in [0.15, 0.2) is 28.8 Å². The van der Waals surface area contributed by atoms with E-state index in [2.05, 4.69) is 15.0 Å². The van der Waals surface area contributed by atoms with E-state index in [1.807, 2.05) is 0 Å². The lowest BCUT2D eigenvalue weighted by atomic mass is 10.2. The van der Waals surface area contributed by atoms with Crippen molar-refractivity contribution in [3.8, 4) is 11.5 Å². The van der Waals surface area contributed by atoms with Crippen molar-refractivity contribution in [3.63, 3.8) is 0 Å². The van der Waals surface area contributed by atoms with E-state index < -0.39 is 0 Å². The molecule has 1 aliphatic rings. The lowest BCUT2D eigenvalue weighted by molar-refractivity contribution is 0.173. The third-order valence-corrected chi connectivity index (χ3v) is 3.17. The first-order chi connectivity index (χ1) is 9.20. The number of aliphatic hydroxyl groups is 1. The third-order valence-electron chi connectivity index (χ3n) is 3.17. The van der Waals surface area contributed by atoms with Gasteiger partial charge in [0.25, 0.3) is 5.89 Å². The van der Waals surface area contributed by atoms with Gasteiger partial charge < -0.3 is 9.63 Å². The van der Waals surface area contributed by atoms with Crippen molar-refractivity contribution in [2.45, 2.75) is 19.1 Å². The molecule has 100 valence electrons. The Kier molecular flexibility index (Phi) is 3.27. The second-order valence-electron chi connectivity index (χ2n) is 4.70. The molecule has 19 heavy (non-hydrogen) atoms. The van der Waals surface area contributed by atoms with E-state index >= 15 is 0 Å². The molecule has 0 bridgehead atoms. The van der Waals surface area contributed by atoms with Gasteiger partial charge in [-0.3, -0.25) is 4.90 Å². The summed E-state index contributed by atoms with van der Waals surface area (Å²) in [6, 6.07) is 5.92. The fourth-order valence-electron chi connectivity index (χ4n) is 2.18. The normalized spacial score (nSPS) is 20.0. The maximum Gasteiger partial charge on any atom is 0.257 e. The number of hydrogen-bond donors (Lipinski definition) is 1. The van der Waals surface area contributed by atoms with Crippen molar-refractivity contribution < 1.29 is 14.0 Å². The van der Waals surface area contributed by atoms with Crippen molar-refractivity contribution >= 4 is 0 Å². The number of hydrogen-bond acceptors (Lipinski definition) is 5. The highest BCUT2D eigenvalue weighted by molar-refractivity contribution is 5.52. The number of β-amino-alcohol motifs (C(OH)–C–C–N with tert-alkyl or cyclic N) is 1. The standard InChI is InChI=1S/C13H14FN3O2/c14-10-3-1-9(2-4-10)13-15-12(16-19-13)8-17-6-5-11(18)7-17/h1-4,11,18H,5-8H2/t11-/m0/s1. The fourth-order valence-corrected chi connectivity index (χ4v) is 2.18. The summed E-state index contributed by atoms with van der Waals surface area (Å²) in [7, 11) is 0. The Bertz CT molecular complexity index is 555. The van der Waals surface area contributed by atoms with Crippen LogP contribution in [0.25, 0.3) is 11.5 Å². The first-order valence-corrected chi connectivity index (χ1v) is 6.19. The summed E-state index contributed by atoms with van der Waals surface area (Å²) >= 11 is 0. The van der Waals surface area contributed by atoms with Gasteiger partial charge in [0.1, 0.15) is 5.82 Å². The summed E-state index contributed by atoms with van der Waals surface area (Å²) in [6.45, 7) is 2.03. The molecule has 2 heterocycles. The number of halogens is 1. The van der Waals surface area contributed by atoms with Crippen molar-refractivity contribution in [2.24, 2.45) is 0 Å². The smallest absolute Gasteiger partial charge is 0.257 e. The molecule has 1 fully saturated rings. The van der Waals surface area contributed by atoms with Crippen molar-refractivity contribution in [2.75, 3.05) is 13.1 Å². The molecule has 1 aromatic heterocycles. The maximum absolute atomic E-state index is 12.8. The van der Waals surface area contributed by atoms with E-state index in [-0.39, 0.29) is 11.9 Å². The van der Waals surface area contributed by atoms with Crippen LogP contribution >= 0.6 is 0 Å². The van der Waals surface area contributed by atoms with Gasteiger partial charge in [0, 0.05) is 18.7 Å². The number of benzene rings is 1. The Hall–Kier alpha value is -1.79. The van der Waals surface area contributed by atoms with Crippen LogP contribution in [-0.2, 0) is 6.54 Å². The Labute approximate surface area is 109 Å². The number of rotatable bonds is 3. The molecule has 1 aromatic carbocycles. The first kappa shape index (κ1) is 12.3. The molecule has 2 aromatic rings. The number of nitrogens with zero attached hydrogens (tertiary/aromatic N) is 3. The van der Waals surface area contributed by atoms with Gasteiger partial charge in [0.2, 0.25) is 0 Å². The minimum absolute atomic E-state index is 0.261. The summed E-state index contributed by atoms with van der Waals surface area (Å²) in [5.74, 6) is 0.665. The molecular formula is C13H14FN3O2. The minimum atomic E-state index is -0.297. The average molecular weight is 263 g/mol. The predicted octanol–water partition coefficient (Wildman–Crippen LogP) is 1.44. The van der Waals surface area contributed by atoms with Gasteiger partial charge in [0.15, 0.2) is 5.82 Å². The largest absolute Gasteiger partial charge is 0.392 e. The molecule has 0 unspecified atom stereocenters. The molecular weight excluding hydrogens is 249 g/mol. The number of aliphatic hydroxyl groups excluding tert-OH is 1. The van der Waals surface area contributed by atoms with Gasteiger partial charge in [-0.2, -0.15) is 4.98 Å². The molecule has 6 heteroatoms. The van der Waals surface area contributed by atoms with E-state index in [0.717, 1.165) is 13.0 Å². The quantitative estimate of drug-likeness (QED) is 0.908. The highest BCUT2D eigenvalue weighted by atomic mass is 19.1. The zero-order valence-electron chi connectivity index (χ0n) is 10.3. The zero-order valence-corrected chi connectivity index (χ0v) is 10.3. The van der Waals surface area contributed by atoms with E-state index in [9.17, 15) is 9.50 Å². The maximum atomic E-state index is 12.8. The molecule has 1 aliphatic heterocycles. The summed E-state index contributed by atoms with van der Waals surface area (Å²) in [6.07, 6.45) is 0.520. The Morgan fingerprint density at radius 3 is 2.84 bits per heavy atom. The fraction of sp³-hybridized carbons (Fsp3) is 0.385. The van der Waals surface area contributed by atoms with Crippen LogP contribution in [0, 0.1) is 5.82 Å². The van der Waals surface area contributed by atoms with Gasteiger partial charge in [-0.1, -0.05) is 5.16 Å².